The maximum atomic E-state index is 4.00. The number of nitrogens with one attached hydrogen (secondary N) is 2. The van der Waals surface area contributed by atoms with E-state index in [9.17, 15) is 0 Å². The number of allylic oxidation sites excluding steroid dienone is 10. The van der Waals surface area contributed by atoms with Crippen LogP contribution in [0.15, 0.2) is 242 Å². The number of hydrogen-bond donors (Lipinski definition) is 2. The third-order valence-corrected chi connectivity index (χ3v) is 14.1. The summed E-state index contributed by atoms with van der Waals surface area (Å²) in [6.45, 7) is 0. The van der Waals surface area contributed by atoms with Gasteiger partial charge in [-0.2, -0.15) is 0 Å². The molecular weight excluding hydrogens is 761 g/mol. The summed E-state index contributed by atoms with van der Waals surface area (Å²) in [7, 11) is 0. The van der Waals surface area contributed by atoms with Crippen molar-refractivity contribution in [2.75, 3.05) is 0 Å². The van der Waals surface area contributed by atoms with Gasteiger partial charge < -0.3 is 5.32 Å². The molecule has 0 amide bonds. The van der Waals surface area contributed by atoms with Gasteiger partial charge >= 0.3 is 0 Å². The largest absolute Gasteiger partial charge is 0.366 e. The Morgan fingerprint density at radius 3 is 2.00 bits per heavy atom. The second-order valence-electron chi connectivity index (χ2n) is 17.5. The summed E-state index contributed by atoms with van der Waals surface area (Å²) in [5.41, 5.74) is 17.8. The van der Waals surface area contributed by atoms with Crippen LogP contribution in [-0.4, -0.2) is 6.17 Å². The fourth-order valence-electron chi connectivity index (χ4n) is 11.3. The van der Waals surface area contributed by atoms with Gasteiger partial charge in [0, 0.05) is 17.5 Å². The summed E-state index contributed by atoms with van der Waals surface area (Å²) < 4.78 is 0. The molecule has 1 heterocycles. The molecule has 0 bridgehead atoms. The van der Waals surface area contributed by atoms with E-state index in [2.05, 4.69) is 241 Å². The maximum Gasteiger partial charge on any atom is 0.104 e. The first-order valence-electron chi connectivity index (χ1n) is 22.6. The molecule has 0 aromatic heterocycles. The molecule has 1 aliphatic heterocycles. The Morgan fingerprint density at radius 2 is 1.25 bits per heavy atom. The molecule has 63 heavy (non-hydrogen) atoms. The van der Waals surface area contributed by atoms with E-state index >= 15 is 0 Å². The summed E-state index contributed by atoms with van der Waals surface area (Å²) >= 11 is 0. The molecule has 0 radical (unpaired) electrons. The molecule has 0 fully saturated rings. The predicted octanol–water partition coefficient (Wildman–Crippen LogP) is 13.9. The highest BCUT2D eigenvalue weighted by Gasteiger charge is 2.48. The van der Waals surface area contributed by atoms with Crippen LogP contribution >= 0.6 is 0 Å². The first-order valence-corrected chi connectivity index (χ1v) is 22.6. The van der Waals surface area contributed by atoms with Gasteiger partial charge in [0.1, 0.15) is 6.17 Å². The lowest BCUT2D eigenvalue weighted by Gasteiger charge is -2.38. The fraction of sp³-hybridized carbons (Fsp3) is 0.115. The van der Waals surface area contributed by atoms with Crippen LogP contribution in [-0.2, 0) is 5.41 Å². The second kappa shape index (κ2) is 15.6. The Bertz CT molecular complexity index is 3070. The molecule has 4 aliphatic carbocycles. The summed E-state index contributed by atoms with van der Waals surface area (Å²) in [6, 6.07) is 63.2. The van der Waals surface area contributed by atoms with Gasteiger partial charge in [0.2, 0.25) is 0 Å². The van der Waals surface area contributed by atoms with Gasteiger partial charge in [-0.15, -0.1) is 0 Å². The van der Waals surface area contributed by atoms with E-state index in [-0.39, 0.29) is 24.0 Å². The molecule has 0 saturated carbocycles. The summed E-state index contributed by atoms with van der Waals surface area (Å²) in [4.78, 5) is 0. The normalized spacial score (nSPS) is 21.6. The highest BCUT2D eigenvalue weighted by molar-refractivity contribution is 6.06. The molecule has 0 saturated heterocycles. The minimum Gasteiger partial charge on any atom is -0.366 e. The van der Waals surface area contributed by atoms with Crippen molar-refractivity contribution in [2.24, 2.45) is 5.92 Å². The van der Waals surface area contributed by atoms with E-state index in [1.54, 1.807) is 0 Å². The molecule has 2 N–H and O–H groups in total. The van der Waals surface area contributed by atoms with Gasteiger partial charge in [-0.3, -0.25) is 5.32 Å². The minimum atomic E-state index is -0.528. The predicted molar refractivity (Wildman–Crippen MR) is 262 cm³/mol. The first-order chi connectivity index (χ1) is 31.3. The molecule has 12 rings (SSSR count). The van der Waals surface area contributed by atoms with E-state index < -0.39 is 5.41 Å². The molecule has 2 heteroatoms. The van der Waals surface area contributed by atoms with Crippen molar-refractivity contribution in [3.63, 3.8) is 0 Å². The Hall–Kier alpha value is -7.26. The molecule has 7 aromatic rings. The van der Waals surface area contributed by atoms with Crippen molar-refractivity contribution in [1.29, 1.82) is 0 Å². The topological polar surface area (TPSA) is 24.1 Å². The lowest BCUT2D eigenvalue weighted by atomic mass is 9.66. The number of fused-ring (bicyclic) bond motifs is 5. The van der Waals surface area contributed by atoms with Crippen LogP contribution in [0.2, 0.25) is 0 Å². The SMILES string of the molecule is C1=CCCC(c2c3c(cc4ccccc24)C(c2ccccc2)(c2ccccc2)c2cc(C4C=CC(C5NC(c6ccccc6)=CC(c6ccccc6)N5)=C5C=CC=CC54)ccc2-3)=C1. The van der Waals surface area contributed by atoms with E-state index in [0.29, 0.717) is 0 Å². The highest BCUT2D eigenvalue weighted by Crippen LogP contribution is 2.60. The number of rotatable bonds is 7. The molecule has 4 atom stereocenters. The van der Waals surface area contributed by atoms with Crippen LogP contribution in [0.3, 0.4) is 0 Å². The monoisotopic (exact) mass is 808 g/mol. The Balaban J connectivity index is 1.03. The minimum absolute atomic E-state index is 0.0535. The molecular formula is C61H48N2. The van der Waals surface area contributed by atoms with Gasteiger partial charge in [0.05, 0.1) is 11.5 Å². The standard InChI is InChI=1S/C61H48N2/c1-6-20-41(21-7-1)56-40-57(42-22-8-2-9-23-42)63-60(62-56)52-37-36-48(50-32-18-19-33-51(50)52)45-34-35-53-54(38-45)61(46-27-12-4-13-28-46,47-29-14-5-15-30-47)55-39-44-26-16-17-31-49(44)58(59(53)55)43-24-10-3-11-25-43/h1-10,12-24,26-40,48,50,56,60,62-63H,11,25H2. The molecule has 4 unspecified atom stereocenters. The van der Waals surface area contributed by atoms with Crippen LogP contribution in [0.1, 0.15) is 69.3 Å². The van der Waals surface area contributed by atoms with E-state index in [4.69, 9.17) is 0 Å². The average Bonchev–Trinajstić information content (AvgIpc) is 3.66. The summed E-state index contributed by atoms with van der Waals surface area (Å²) in [6.07, 6.45) is 25.4. The van der Waals surface area contributed by atoms with Crippen LogP contribution < -0.4 is 10.6 Å². The molecule has 0 spiro atoms. The van der Waals surface area contributed by atoms with Crippen LogP contribution in [0.5, 0.6) is 0 Å². The third-order valence-electron chi connectivity index (χ3n) is 14.1. The Morgan fingerprint density at radius 1 is 0.540 bits per heavy atom. The van der Waals surface area contributed by atoms with Crippen LogP contribution in [0.4, 0.5) is 0 Å². The van der Waals surface area contributed by atoms with E-state index in [1.807, 2.05) is 0 Å². The van der Waals surface area contributed by atoms with Gasteiger partial charge in [-0.25, -0.2) is 0 Å². The van der Waals surface area contributed by atoms with Crippen molar-refractivity contribution < 1.29 is 0 Å². The maximum absolute atomic E-state index is 4.00. The van der Waals surface area contributed by atoms with Crippen molar-refractivity contribution in [3.05, 3.63) is 286 Å². The average molecular weight is 809 g/mol. The van der Waals surface area contributed by atoms with Gasteiger partial charge in [0.15, 0.2) is 0 Å². The van der Waals surface area contributed by atoms with Crippen LogP contribution in [0, 0.1) is 5.92 Å². The fourth-order valence-corrected chi connectivity index (χ4v) is 11.3. The Kier molecular flexibility index (Phi) is 9.27. The van der Waals surface area contributed by atoms with Gasteiger partial charge in [-0.1, -0.05) is 218 Å². The van der Waals surface area contributed by atoms with Gasteiger partial charge in [-0.05, 0) is 108 Å². The lowest BCUT2D eigenvalue weighted by molar-refractivity contribution is 0.472. The van der Waals surface area contributed by atoms with Crippen molar-refractivity contribution >= 4 is 22.0 Å². The highest BCUT2D eigenvalue weighted by atomic mass is 15.2. The summed E-state index contributed by atoms with van der Waals surface area (Å²) in [5, 5.41) is 10.5. The first kappa shape index (κ1) is 37.5. The summed E-state index contributed by atoms with van der Waals surface area (Å²) in [5.74, 6) is 0.312. The second-order valence-corrected chi connectivity index (χ2v) is 17.5. The van der Waals surface area contributed by atoms with Crippen molar-refractivity contribution in [2.45, 2.75) is 36.4 Å². The number of hydrogen-bond acceptors (Lipinski definition) is 2. The van der Waals surface area contributed by atoms with E-state index in [1.165, 1.54) is 83.1 Å². The lowest BCUT2D eigenvalue weighted by Crippen LogP contribution is -2.48. The smallest absolute Gasteiger partial charge is 0.104 e. The van der Waals surface area contributed by atoms with Crippen LogP contribution in [0.25, 0.3) is 33.2 Å². The Labute approximate surface area is 370 Å². The molecule has 302 valence electrons. The van der Waals surface area contributed by atoms with E-state index in [0.717, 1.165) is 18.5 Å². The number of benzene rings is 7. The van der Waals surface area contributed by atoms with Gasteiger partial charge in [0.25, 0.3) is 0 Å². The quantitative estimate of drug-likeness (QED) is 0.168. The zero-order chi connectivity index (χ0) is 41.7. The molecule has 2 nitrogen and oxygen atoms in total. The molecule has 5 aliphatic rings. The van der Waals surface area contributed by atoms with Crippen molar-refractivity contribution in [1.82, 2.24) is 10.6 Å². The zero-order valence-corrected chi connectivity index (χ0v) is 35.2. The molecule has 7 aromatic carbocycles. The zero-order valence-electron chi connectivity index (χ0n) is 35.2. The third kappa shape index (κ3) is 6.20. The van der Waals surface area contributed by atoms with Crippen molar-refractivity contribution in [3.8, 4) is 11.1 Å².